The van der Waals surface area contributed by atoms with E-state index in [-0.39, 0.29) is 0 Å². The van der Waals surface area contributed by atoms with Gasteiger partial charge >= 0.3 is 0 Å². The molecular formula is C13H23N3S. The third-order valence-corrected chi connectivity index (χ3v) is 4.87. The number of thioether (sulfide) groups is 1. The molecule has 4 heteroatoms. The second kappa shape index (κ2) is 5.91. The second-order valence-electron chi connectivity index (χ2n) is 4.83. The maximum absolute atomic E-state index is 4.34. The SMILES string of the molecule is CCn1cc(C(C)NC2CCCC2SC)cn1. The molecule has 2 rings (SSSR count). The van der Waals surface area contributed by atoms with Crippen LogP contribution in [0, 0.1) is 0 Å². The number of hydrogen-bond donors (Lipinski definition) is 1. The first-order valence-corrected chi connectivity index (χ1v) is 7.84. The van der Waals surface area contributed by atoms with Gasteiger partial charge in [0.15, 0.2) is 0 Å². The molecule has 1 aromatic heterocycles. The van der Waals surface area contributed by atoms with Crippen LogP contribution < -0.4 is 5.32 Å². The van der Waals surface area contributed by atoms with E-state index in [1.807, 2.05) is 22.6 Å². The fourth-order valence-corrected chi connectivity index (χ4v) is 3.54. The van der Waals surface area contributed by atoms with Gasteiger partial charge < -0.3 is 5.32 Å². The predicted octanol–water partition coefficient (Wildman–Crippen LogP) is 2.84. The van der Waals surface area contributed by atoms with Crippen LogP contribution >= 0.6 is 11.8 Å². The van der Waals surface area contributed by atoms with Gasteiger partial charge in [-0.05, 0) is 32.9 Å². The Bertz CT molecular complexity index is 350. The van der Waals surface area contributed by atoms with Crippen molar-refractivity contribution in [2.24, 2.45) is 0 Å². The van der Waals surface area contributed by atoms with Gasteiger partial charge in [0.25, 0.3) is 0 Å². The van der Waals surface area contributed by atoms with Crippen molar-refractivity contribution >= 4 is 11.8 Å². The molecule has 0 bridgehead atoms. The lowest BCUT2D eigenvalue weighted by atomic mass is 10.1. The van der Waals surface area contributed by atoms with Crippen LogP contribution in [0.15, 0.2) is 12.4 Å². The molecular weight excluding hydrogens is 230 g/mol. The molecule has 3 atom stereocenters. The zero-order valence-corrected chi connectivity index (χ0v) is 11.8. The Morgan fingerprint density at radius 2 is 2.41 bits per heavy atom. The average Bonchev–Trinajstić information content (AvgIpc) is 2.96. The van der Waals surface area contributed by atoms with Crippen LogP contribution in [0.25, 0.3) is 0 Å². The normalized spacial score (nSPS) is 26.3. The third-order valence-electron chi connectivity index (χ3n) is 3.70. The van der Waals surface area contributed by atoms with Gasteiger partial charge in [-0.15, -0.1) is 0 Å². The summed E-state index contributed by atoms with van der Waals surface area (Å²) in [6.07, 6.45) is 10.4. The van der Waals surface area contributed by atoms with E-state index in [1.54, 1.807) is 0 Å². The van der Waals surface area contributed by atoms with Gasteiger partial charge in [-0.1, -0.05) is 6.42 Å². The molecule has 1 aromatic rings. The fraction of sp³-hybridized carbons (Fsp3) is 0.769. The maximum Gasteiger partial charge on any atom is 0.0537 e. The molecule has 1 N–H and O–H groups in total. The lowest BCUT2D eigenvalue weighted by Crippen LogP contribution is -2.35. The van der Waals surface area contributed by atoms with E-state index in [0.717, 1.165) is 11.8 Å². The second-order valence-corrected chi connectivity index (χ2v) is 5.91. The fourth-order valence-electron chi connectivity index (χ4n) is 2.59. The minimum atomic E-state index is 0.410. The Kier molecular flexibility index (Phi) is 4.51. The van der Waals surface area contributed by atoms with Crippen LogP contribution in [0.3, 0.4) is 0 Å². The Labute approximate surface area is 108 Å². The molecule has 1 aliphatic carbocycles. The van der Waals surface area contributed by atoms with Crippen molar-refractivity contribution in [2.45, 2.75) is 57.0 Å². The summed E-state index contributed by atoms with van der Waals surface area (Å²) in [6.45, 7) is 5.31. The van der Waals surface area contributed by atoms with E-state index in [0.29, 0.717) is 12.1 Å². The van der Waals surface area contributed by atoms with Crippen molar-refractivity contribution in [3.63, 3.8) is 0 Å². The lowest BCUT2D eigenvalue weighted by Gasteiger charge is -2.23. The van der Waals surface area contributed by atoms with Crippen molar-refractivity contribution in [3.05, 3.63) is 18.0 Å². The van der Waals surface area contributed by atoms with Gasteiger partial charge in [-0.3, -0.25) is 4.68 Å². The van der Waals surface area contributed by atoms with Crippen LogP contribution in [-0.4, -0.2) is 27.3 Å². The number of rotatable bonds is 5. The van der Waals surface area contributed by atoms with Crippen molar-refractivity contribution < 1.29 is 0 Å². The lowest BCUT2D eigenvalue weighted by molar-refractivity contribution is 0.467. The average molecular weight is 253 g/mol. The van der Waals surface area contributed by atoms with Crippen LogP contribution in [0.1, 0.15) is 44.7 Å². The van der Waals surface area contributed by atoms with E-state index < -0.39 is 0 Å². The van der Waals surface area contributed by atoms with E-state index in [9.17, 15) is 0 Å². The minimum Gasteiger partial charge on any atom is -0.306 e. The summed E-state index contributed by atoms with van der Waals surface area (Å²) in [7, 11) is 0. The molecule has 0 aliphatic heterocycles. The van der Waals surface area contributed by atoms with Crippen molar-refractivity contribution in [1.82, 2.24) is 15.1 Å². The molecule has 3 unspecified atom stereocenters. The Morgan fingerprint density at radius 1 is 1.59 bits per heavy atom. The summed E-state index contributed by atoms with van der Waals surface area (Å²) >= 11 is 2.00. The largest absolute Gasteiger partial charge is 0.306 e. The molecule has 0 saturated heterocycles. The van der Waals surface area contributed by atoms with Crippen molar-refractivity contribution in [1.29, 1.82) is 0 Å². The van der Waals surface area contributed by atoms with Gasteiger partial charge in [0.05, 0.1) is 6.20 Å². The Hall–Kier alpha value is -0.480. The first kappa shape index (κ1) is 13.0. The molecule has 0 radical (unpaired) electrons. The summed E-state index contributed by atoms with van der Waals surface area (Å²) < 4.78 is 1.99. The zero-order chi connectivity index (χ0) is 12.3. The standard InChI is InChI=1S/C13H23N3S/c1-4-16-9-11(8-14-16)10(2)15-12-6-5-7-13(12)17-3/h8-10,12-13,15H,4-7H2,1-3H3. The molecule has 1 aliphatic rings. The summed E-state index contributed by atoms with van der Waals surface area (Å²) in [5.74, 6) is 0. The highest BCUT2D eigenvalue weighted by molar-refractivity contribution is 7.99. The summed E-state index contributed by atoms with van der Waals surface area (Å²) in [4.78, 5) is 0. The van der Waals surface area contributed by atoms with Gasteiger partial charge in [0.2, 0.25) is 0 Å². The molecule has 17 heavy (non-hydrogen) atoms. The van der Waals surface area contributed by atoms with Crippen LogP contribution in [0.5, 0.6) is 0 Å². The van der Waals surface area contributed by atoms with Gasteiger partial charge in [-0.25, -0.2) is 0 Å². The maximum atomic E-state index is 4.34. The quantitative estimate of drug-likeness (QED) is 0.875. The molecule has 3 nitrogen and oxygen atoms in total. The third kappa shape index (κ3) is 3.05. The van der Waals surface area contributed by atoms with E-state index in [1.165, 1.54) is 24.8 Å². The summed E-state index contributed by atoms with van der Waals surface area (Å²) in [5.41, 5.74) is 1.30. The molecule has 0 amide bonds. The van der Waals surface area contributed by atoms with E-state index >= 15 is 0 Å². The molecule has 1 fully saturated rings. The Morgan fingerprint density at radius 3 is 3.06 bits per heavy atom. The summed E-state index contributed by atoms with van der Waals surface area (Å²) in [6, 6.07) is 1.08. The van der Waals surface area contributed by atoms with Crippen LogP contribution in [-0.2, 0) is 6.54 Å². The molecule has 96 valence electrons. The molecule has 1 heterocycles. The highest BCUT2D eigenvalue weighted by atomic mass is 32.2. The highest BCUT2D eigenvalue weighted by Gasteiger charge is 2.27. The van der Waals surface area contributed by atoms with Gasteiger partial charge in [-0.2, -0.15) is 16.9 Å². The summed E-state index contributed by atoms with van der Waals surface area (Å²) in [5, 5.41) is 8.89. The molecule has 1 saturated carbocycles. The zero-order valence-electron chi connectivity index (χ0n) is 11.0. The number of aryl methyl sites for hydroxylation is 1. The number of nitrogens with zero attached hydrogens (tertiary/aromatic N) is 2. The van der Waals surface area contributed by atoms with E-state index in [2.05, 4.69) is 36.7 Å². The first-order valence-electron chi connectivity index (χ1n) is 6.55. The smallest absolute Gasteiger partial charge is 0.0537 e. The predicted molar refractivity (Wildman–Crippen MR) is 74.4 cm³/mol. The van der Waals surface area contributed by atoms with Gasteiger partial charge in [0.1, 0.15) is 0 Å². The number of hydrogen-bond acceptors (Lipinski definition) is 3. The molecule has 0 aromatic carbocycles. The minimum absolute atomic E-state index is 0.410. The Balaban J connectivity index is 1.94. The topological polar surface area (TPSA) is 29.9 Å². The van der Waals surface area contributed by atoms with Crippen molar-refractivity contribution in [3.8, 4) is 0 Å². The molecule has 0 spiro atoms. The number of nitrogens with one attached hydrogen (secondary N) is 1. The van der Waals surface area contributed by atoms with Gasteiger partial charge in [0, 0.05) is 35.6 Å². The van der Waals surface area contributed by atoms with Crippen LogP contribution in [0.2, 0.25) is 0 Å². The first-order chi connectivity index (χ1) is 8.24. The van der Waals surface area contributed by atoms with E-state index in [4.69, 9.17) is 0 Å². The monoisotopic (exact) mass is 253 g/mol. The van der Waals surface area contributed by atoms with Crippen molar-refractivity contribution in [2.75, 3.05) is 6.26 Å². The highest BCUT2D eigenvalue weighted by Crippen LogP contribution is 2.30. The number of aromatic nitrogens is 2. The van der Waals surface area contributed by atoms with Crippen LogP contribution in [0.4, 0.5) is 0 Å².